The van der Waals surface area contributed by atoms with Crippen LogP contribution in [0.15, 0.2) is 66.9 Å². The molecule has 0 spiro atoms. The zero-order valence-corrected chi connectivity index (χ0v) is 16.3. The molecule has 28 heavy (non-hydrogen) atoms. The fraction of sp³-hybridized carbons (Fsp3) is 0.261. The molecule has 0 N–H and O–H groups in total. The minimum atomic E-state index is 0.0300. The first kappa shape index (κ1) is 18.6. The summed E-state index contributed by atoms with van der Waals surface area (Å²) in [6, 6.07) is 19.6. The lowest BCUT2D eigenvalue weighted by Gasteiger charge is -2.24. The van der Waals surface area contributed by atoms with Gasteiger partial charge in [-0.1, -0.05) is 41.9 Å². The molecule has 1 saturated heterocycles. The predicted octanol–water partition coefficient (Wildman–Crippen LogP) is 4.63. The van der Waals surface area contributed by atoms with Crippen molar-refractivity contribution in [3.05, 3.63) is 94.5 Å². The van der Waals surface area contributed by atoms with Gasteiger partial charge in [-0.25, -0.2) is 0 Å². The third kappa shape index (κ3) is 4.23. The predicted molar refractivity (Wildman–Crippen MR) is 110 cm³/mol. The smallest absolute Gasteiger partial charge is 0.229 e. The number of carbonyl (C=O) groups excluding carboxylic acids is 1. The fourth-order valence-corrected chi connectivity index (χ4v) is 3.95. The molecule has 0 radical (unpaired) electrons. The van der Waals surface area contributed by atoms with Gasteiger partial charge in [0.2, 0.25) is 5.91 Å². The molecular weight excluding hydrogens is 370 g/mol. The molecule has 1 aromatic carbocycles. The van der Waals surface area contributed by atoms with Gasteiger partial charge in [0.15, 0.2) is 0 Å². The van der Waals surface area contributed by atoms with Crippen LogP contribution in [0.1, 0.15) is 41.5 Å². The minimum Gasteiger partial charge on any atom is -0.334 e. The number of aromatic nitrogens is 2. The topological polar surface area (TPSA) is 46.1 Å². The number of benzene rings is 1. The Kier molecular flexibility index (Phi) is 5.68. The maximum atomic E-state index is 12.9. The van der Waals surface area contributed by atoms with Crippen molar-refractivity contribution in [2.45, 2.75) is 31.7 Å². The highest BCUT2D eigenvalue weighted by Crippen LogP contribution is 2.31. The first-order chi connectivity index (χ1) is 13.7. The Morgan fingerprint density at radius 2 is 1.86 bits per heavy atom. The molecule has 1 atom stereocenters. The van der Waals surface area contributed by atoms with Crippen molar-refractivity contribution in [1.29, 1.82) is 0 Å². The monoisotopic (exact) mass is 391 g/mol. The second-order valence-corrected chi connectivity index (χ2v) is 7.47. The van der Waals surface area contributed by atoms with Crippen LogP contribution in [0.25, 0.3) is 0 Å². The highest BCUT2D eigenvalue weighted by molar-refractivity contribution is 6.31. The average molecular weight is 392 g/mol. The first-order valence-corrected chi connectivity index (χ1v) is 9.97. The molecule has 1 fully saturated rings. The van der Waals surface area contributed by atoms with E-state index in [-0.39, 0.29) is 11.9 Å². The normalized spacial score (nSPS) is 16.3. The average Bonchev–Trinajstić information content (AvgIpc) is 3.21. The summed E-state index contributed by atoms with van der Waals surface area (Å²) in [5.41, 5.74) is 3.79. The lowest BCUT2D eigenvalue weighted by atomic mass is 10.1. The number of hydrogen-bond donors (Lipinski definition) is 0. The summed E-state index contributed by atoms with van der Waals surface area (Å²) in [5.74, 6) is 0.111. The maximum Gasteiger partial charge on any atom is 0.229 e. The van der Waals surface area contributed by atoms with Crippen molar-refractivity contribution >= 4 is 17.5 Å². The summed E-state index contributed by atoms with van der Waals surface area (Å²) in [4.78, 5) is 24.0. The Morgan fingerprint density at radius 3 is 2.68 bits per heavy atom. The standard InChI is InChI=1S/C23H22ClN3O/c24-20-10-2-1-7-17(20)15-19-9-5-11-21(26-19)22-12-6-14-27(22)23(28)16-18-8-3-4-13-25-18/h1-5,7-11,13,22H,6,12,14-16H2/t22-/m1/s1. The van der Waals surface area contributed by atoms with E-state index >= 15 is 0 Å². The summed E-state index contributed by atoms with van der Waals surface area (Å²) < 4.78 is 0. The molecule has 142 valence electrons. The van der Waals surface area contributed by atoms with Gasteiger partial charge in [0.1, 0.15) is 0 Å². The summed E-state index contributed by atoms with van der Waals surface area (Å²) >= 11 is 6.30. The molecule has 0 saturated carbocycles. The number of rotatable bonds is 5. The van der Waals surface area contributed by atoms with Crippen molar-refractivity contribution in [3.63, 3.8) is 0 Å². The number of carbonyl (C=O) groups is 1. The van der Waals surface area contributed by atoms with Crippen molar-refractivity contribution in [3.8, 4) is 0 Å². The summed E-state index contributed by atoms with van der Waals surface area (Å²) in [6.07, 6.45) is 4.67. The van der Waals surface area contributed by atoms with E-state index in [9.17, 15) is 4.79 Å². The van der Waals surface area contributed by atoms with E-state index in [0.717, 1.165) is 47.1 Å². The molecule has 3 aromatic rings. The number of hydrogen-bond acceptors (Lipinski definition) is 3. The Labute approximate surface area is 170 Å². The van der Waals surface area contributed by atoms with Gasteiger partial charge in [0.25, 0.3) is 0 Å². The van der Waals surface area contributed by atoms with Gasteiger partial charge in [0.05, 0.1) is 18.2 Å². The fourth-order valence-electron chi connectivity index (χ4n) is 3.75. The zero-order chi connectivity index (χ0) is 19.3. The first-order valence-electron chi connectivity index (χ1n) is 9.59. The van der Waals surface area contributed by atoms with Crippen molar-refractivity contribution < 1.29 is 4.79 Å². The van der Waals surface area contributed by atoms with Gasteiger partial charge in [-0.3, -0.25) is 14.8 Å². The van der Waals surface area contributed by atoms with Gasteiger partial charge in [0, 0.05) is 35.6 Å². The van der Waals surface area contributed by atoms with Crippen LogP contribution in [-0.4, -0.2) is 27.3 Å². The highest BCUT2D eigenvalue weighted by atomic mass is 35.5. The molecule has 4 nitrogen and oxygen atoms in total. The van der Waals surface area contributed by atoms with Crippen LogP contribution in [0, 0.1) is 0 Å². The van der Waals surface area contributed by atoms with E-state index in [1.807, 2.05) is 65.6 Å². The van der Waals surface area contributed by atoms with E-state index in [1.54, 1.807) is 6.20 Å². The van der Waals surface area contributed by atoms with E-state index in [2.05, 4.69) is 4.98 Å². The molecule has 1 aliphatic heterocycles. The van der Waals surface area contributed by atoms with Crippen LogP contribution in [-0.2, 0) is 17.6 Å². The Morgan fingerprint density at radius 1 is 1.04 bits per heavy atom. The van der Waals surface area contributed by atoms with Gasteiger partial charge < -0.3 is 4.90 Å². The summed E-state index contributed by atoms with van der Waals surface area (Å²) in [6.45, 7) is 0.771. The Hall–Kier alpha value is -2.72. The number of likely N-dealkylation sites (tertiary alicyclic amines) is 1. The zero-order valence-electron chi connectivity index (χ0n) is 15.6. The molecule has 1 amide bonds. The number of pyridine rings is 2. The van der Waals surface area contributed by atoms with Gasteiger partial charge in [-0.2, -0.15) is 0 Å². The quantitative estimate of drug-likeness (QED) is 0.637. The summed E-state index contributed by atoms with van der Waals surface area (Å²) in [7, 11) is 0. The number of nitrogens with zero attached hydrogens (tertiary/aromatic N) is 3. The van der Waals surface area contributed by atoms with Crippen LogP contribution in [0.5, 0.6) is 0 Å². The largest absolute Gasteiger partial charge is 0.334 e. The molecule has 3 heterocycles. The second-order valence-electron chi connectivity index (χ2n) is 7.06. The van der Waals surface area contributed by atoms with Gasteiger partial charge in [-0.05, 0) is 48.7 Å². The number of amides is 1. The van der Waals surface area contributed by atoms with Crippen LogP contribution in [0.4, 0.5) is 0 Å². The van der Waals surface area contributed by atoms with Crippen molar-refractivity contribution in [2.24, 2.45) is 0 Å². The van der Waals surface area contributed by atoms with Crippen molar-refractivity contribution in [2.75, 3.05) is 6.54 Å². The minimum absolute atomic E-state index is 0.0300. The van der Waals surface area contributed by atoms with E-state index in [4.69, 9.17) is 16.6 Å². The number of halogens is 1. The third-order valence-corrected chi connectivity index (χ3v) is 5.50. The molecule has 0 bridgehead atoms. The molecule has 2 aromatic heterocycles. The summed E-state index contributed by atoms with van der Waals surface area (Å²) in [5, 5.41) is 0.753. The Balaban J connectivity index is 1.51. The van der Waals surface area contributed by atoms with Crippen LogP contribution < -0.4 is 0 Å². The van der Waals surface area contributed by atoms with Crippen LogP contribution >= 0.6 is 11.6 Å². The molecule has 5 heteroatoms. The highest BCUT2D eigenvalue weighted by Gasteiger charge is 2.31. The molecule has 0 unspecified atom stereocenters. The van der Waals surface area contributed by atoms with Crippen LogP contribution in [0.3, 0.4) is 0 Å². The molecular formula is C23H22ClN3O. The van der Waals surface area contributed by atoms with E-state index < -0.39 is 0 Å². The lowest BCUT2D eigenvalue weighted by Crippen LogP contribution is -2.32. The third-order valence-electron chi connectivity index (χ3n) is 5.13. The SMILES string of the molecule is O=C(Cc1ccccn1)N1CCC[C@@H]1c1cccc(Cc2ccccc2Cl)n1. The molecule has 4 rings (SSSR count). The second kappa shape index (κ2) is 8.53. The maximum absolute atomic E-state index is 12.9. The van der Waals surface area contributed by atoms with Crippen LogP contribution in [0.2, 0.25) is 5.02 Å². The van der Waals surface area contributed by atoms with E-state index in [0.29, 0.717) is 12.8 Å². The van der Waals surface area contributed by atoms with Gasteiger partial charge >= 0.3 is 0 Å². The van der Waals surface area contributed by atoms with Crippen molar-refractivity contribution in [1.82, 2.24) is 14.9 Å². The molecule has 1 aliphatic rings. The molecule has 0 aliphatic carbocycles. The van der Waals surface area contributed by atoms with Gasteiger partial charge in [-0.15, -0.1) is 0 Å². The van der Waals surface area contributed by atoms with E-state index in [1.165, 1.54) is 0 Å². The Bertz CT molecular complexity index is 961. The lowest BCUT2D eigenvalue weighted by molar-refractivity contribution is -0.131.